The predicted molar refractivity (Wildman–Crippen MR) is 114 cm³/mol. The summed E-state index contributed by atoms with van der Waals surface area (Å²) in [5.41, 5.74) is 1.14. The number of rotatable bonds is 4. The standard InChI is InChI=1S/C22H34ClNO2Si/c1-22(2,3)27(4,5)26-19-12-17-11-18(17)13-20(23)21(25)24(15-19)14-16-9-7-6-8-10-16/h6-10,17-20H,11-15H2,1-5H3/t17-,18-,19-,20-/m1/s1. The maximum atomic E-state index is 13.1. The Morgan fingerprint density at radius 3 is 2.37 bits per heavy atom. The molecule has 0 spiro atoms. The van der Waals surface area contributed by atoms with Crippen molar-refractivity contribution in [2.75, 3.05) is 6.54 Å². The highest BCUT2D eigenvalue weighted by Gasteiger charge is 2.46. The summed E-state index contributed by atoms with van der Waals surface area (Å²) in [4.78, 5) is 15.0. The van der Waals surface area contributed by atoms with E-state index in [1.54, 1.807) is 0 Å². The van der Waals surface area contributed by atoms with Crippen molar-refractivity contribution in [3.63, 3.8) is 0 Å². The molecular weight excluding hydrogens is 374 g/mol. The van der Waals surface area contributed by atoms with Crippen molar-refractivity contribution in [3.05, 3.63) is 35.9 Å². The van der Waals surface area contributed by atoms with Crippen LogP contribution in [0.5, 0.6) is 0 Å². The van der Waals surface area contributed by atoms with E-state index < -0.39 is 13.7 Å². The van der Waals surface area contributed by atoms with Crippen molar-refractivity contribution in [1.82, 2.24) is 4.90 Å². The van der Waals surface area contributed by atoms with E-state index in [1.165, 1.54) is 6.42 Å². The second-order valence-corrected chi connectivity index (χ2v) is 15.2. The summed E-state index contributed by atoms with van der Waals surface area (Å²) in [7, 11) is -1.89. The summed E-state index contributed by atoms with van der Waals surface area (Å²) in [5, 5.41) is -0.243. The van der Waals surface area contributed by atoms with Gasteiger partial charge in [-0.05, 0) is 54.8 Å². The van der Waals surface area contributed by atoms with Crippen molar-refractivity contribution in [3.8, 4) is 0 Å². The minimum atomic E-state index is -1.89. The third kappa shape index (κ3) is 5.15. The van der Waals surface area contributed by atoms with Crippen LogP contribution in [0.15, 0.2) is 30.3 Å². The molecule has 1 aliphatic carbocycles. The van der Waals surface area contributed by atoms with Gasteiger partial charge in [-0.25, -0.2) is 0 Å². The molecule has 0 radical (unpaired) electrons. The van der Waals surface area contributed by atoms with Crippen molar-refractivity contribution in [1.29, 1.82) is 0 Å². The van der Waals surface area contributed by atoms with Gasteiger partial charge < -0.3 is 9.33 Å². The van der Waals surface area contributed by atoms with Crippen LogP contribution in [0.4, 0.5) is 0 Å². The number of hydrogen-bond acceptors (Lipinski definition) is 2. The summed E-state index contributed by atoms with van der Waals surface area (Å²) in [6, 6.07) is 10.2. The number of carbonyl (C=O) groups excluding carboxylic acids is 1. The summed E-state index contributed by atoms with van der Waals surface area (Å²) in [5.74, 6) is 1.33. The number of benzene rings is 1. The average molecular weight is 408 g/mol. The molecule has 3 rings (SSSR count). The van der Waals surface area contributed by atoms with Gasteiger partial charge in [0.05, 0.1) is 6.10 Å². The van der Waals surface area contributed by atoms with E-state index in [0.717, 1.165) is 18.4 Å². The van der Waals surface area contributed by atoms with E-state index in [0.29, 0.717) is 24.9 Å². The van der Waals surface area contributed by atoms with Crippen molar-refractivity contribution >= 4 is 25.8 Å². The fourth-order valence-corrected chi connectivity index (χ4v) is 5.55. The lowest BCUT2D eigenvalue weighted by atomic mass is 10.1. The Kier molecular flexibility index (Phi) is 6.10. The van der Waals surface area contributed by atoms with Crippen LogP contribution in [-0.2, 0) is 15.8 Å². The van der Waals surface area contributed by atoms with E-state index >= 15 is 0 Å². The summed E-state index contributed by atoms with van der Waals surface area (Å²) < 4.78 is 6.78. The zero-order valence-electron chi connectivity index (χ0n) is 17.4. The fourth-order valence-electron chi connectivity index (χ4n) is 3.83. The van der Waals surface area contributed by atoms with E-state index in [9.17, 15) is 4.79 Å². The van der Waals surface area contributed by atoms with Crippen molar-refractivity contribution in [2.45, 2.75) is 76.2 Å². The zero-order valence-corrected chi connectivity index (χ0v) is 19.1. The predicted octanol–water partition coefficient (Wildman–Crippen LogP) is 5.44. The minimum Gasteiger partial charge on any atom is -0.412 e. The van der Waals surface area contributed by atoms with E-state index in [2.05, 4.69) is 46.0 Å². The molecule has 2 aliphatic rings. The van der Waals surface area contributed by atoms with Crippen LogP contribution in [0.2, 0.25) is 18.1 Å². The molecule has 2 fully saturated rings. The summed E-state index contributed by atoms with van der Waals surface area (Å²) in [6.07, 6.45) is 3.17. The Bertz CT molecular complexity index is 658. The van der Waals surface area contributed by atoms with E-state index in [1.807, 2.05) is 23.1 Å². The van der Waals surface area contributed by atoms with Crippen molar-refractivity contribution in [2.24, 2.45) is 11.8 Å². The average Bonchev–Trinajstić information content (AvgIpc) is 3.29. The largest absolute Gasteiger partial charge is 0.412 e. The third-order valence-corrected chi connectivity index (χ3v) is 11.5. The van der Waals surface area contributed by atoms with Gasteiger partial charge in [0.2, 0.25) is 5.91 Å². The lowest BCUT2D eigenvalue weighted by molar-refractivity contribution is -0.132. The Morgan fingerprint density at radius 2 is 1.74 bits per heavy atom. The van der Waals surface area contributed by atoms with Gasteiger partial charge in [-0.15, -0.1) is 11.6 Å². The number of amides is 1. The number of fused-ring (bicyclic) bond motifs is 1. The summed E-state index contributed by atoms with van der Waals surface area (Å²) in [6.45, 7) is 12.7. The maximum Gasteiger partial charge on any atom is 0.241 e. The Morgan fingerprint density at radius 1 is 1.11 bits per heavy atom. The third-order valence-electron chi connectivity index (χ3n) is 6.63. The van der Waals surface area contributed by atoms with Gasteiger partial charge in [0.1, 0.15) is 5.38 Å². The Balaban J connectivity index is 1.81. The monoisotopic (exact) mass is 407 g/mol. The van der Waals surface area contributed by atoms with Gasteiger partial charge in [0.25, 0.3) is 0 Å². The molecule has 1 aromatic carbocycles. The number of nitrogens with zero attached hydrogens (tertiary/aromatic N) is 1. The van der Waals surface area contributed by atoms with Crippen LogP contribution in [0.1, 0.15) is 45.6 Å². The zero-order chi connectivity index (χ0) is 19.8. The Hall–Kier alpha value is -0.843. The molecule has 1 saturated heterocycles. The molecule has 3 nitrogen and oxygen atoms in total. The molecule has 0 N–H and O–H groups in total. The molecule has 150 valence electrons. The molecule has 27 heavy (non-hydrogen) atoms. The number of carbonyl (C=O) groups is 1. The first-order chi connectivity index (χ1) is 12.6. The van der Waals surface area contributed by atoms with Gasteiger partial charge in [0, 0.05) is 13.1 Å². The van der Waals surface area contributed by atoms with Crippen LogP contribution in [-0.4, -0.2) is 37.2 Å². The van der Waals surface area contributed by atoms with Gasteiger partial charge in [-0.3, -0.25) is 4.79 Å². The van der Waals surface area contributed by atoms with Crippen molar-refractivity contribution < 1.29 is 9.22 Å². The first kappa shape index (κ1) is 20.9. The second-order valence-electron chi connectivity index (χ2n) is 9.90. The molecule has 1 amide bonds. The van der Waals surface area contributed by atoms with Crippen LogP contribution < -0.4 is 0 Å². The first-order valence-electron chi connectivity index (χ1n) is 10.2. The molecule has 0 bridgehead atoms. The van der Waals surface area contributed by atoms with Crippen LogP contribution in [0.25, 0.3) is 0 Å². The molecule has 1 saturated carbocycles. The van der Waals surface area contributed by atoms with Gasteiger partial charge in [-0.2, -0.15) is 0 Å². The topological polar surface area (TPSA) is 29.5 Å². The van der Waals surface area contributed by atoms with Gasteiger partial charge in [0.15, 0.2) is 8.32 Å². The quantitative estimate of drug-likeness (QED) is 0.491. The molecule has 0 aromatic heterocycles. The first-order valence-corrected chi connectivity index (χ1v) is 13.6. The highest BCUT2D eigenvalue weighted by molar-refractivity contribution is 6.74. The van der Waals surface area contributed by atoms with Crippen LogP contribution >= 0.6 is 11.6 Å². The van der Waals surface area contributed by atoms with E-state index in [4.69, 9.17) is 16.0 Å². The SMILES string of the molecule is CC(C)(C)[Si](C)(C)O[C@@H]1C[C@H]2C[C@@H]2C[C@@H](Cl)C(=O)N(Cc2ccccc2)C1. The molecular formula is C22H34ClNO2Si. The molecule has 1 aliphatic heterocycles. The number of hydrogen-bond donors (Lipinski definition) is 0. The molecule has 1 heterocycles. The summed E-state index contributed by atoms with van der Waals surface area (Å²) >= 11 is 6.53. The normalized spacial score (nSPS) is 29.6. The van der Waals surface area contributed by atoms with Gasteiger partial charge >= 0.3 is 0 Å². The van der Waals surface area contributed by atoms with Gasteiger partial charge in [-0.1, -0.05) is 51.1 Å². The van der Waals surface area contributed by atoms with Crippen LogP contribution in [0.3, 0.4) is 0 Å². The molecule has 5 heteroatoms. The minimum absolute atomic E-state index is 0.0666. The van der Waals surface area contributed by atoms with E-state index in [-0.39, 0.29) is 17.0 Å². The second kappa shape index (κ2) is 7.88. The maximum absolute atomic E-state index is 13.1. The molecule has 1 aromatic rings. The number of alkyl halides is 1. The Labute approximate surface area is 170 Å². The molecule has 0 unspecified atom stereocenters. The van der Waals surface area contributed by atoms with Crippen LogP contribution in [0, 0.1) is 11.8 Å². The lowest BCUT2D eigenvalue weighted by Gasteiger charge is -2.40. The fraction of sp³-hybridized carbons (Fsp3) is 0.682. The lowest BCUT2D eigenvalue weighted by Crippen LogP contribution is -2.48. The highest BCUT2D eigenvalue weighted by atomic mass is 35.5. The molecule has 4 atom stereocenters. The number of halogens is 1. The highest BCUT2D eigenvalue weighted by Crippen LogP contribution is 2.48. The smallest absolute Gasteiger partial charge is 0.241 e.